The second-order valence-corrected chi connectivity index (χ2v) is 5.83. The summed E-state index contributed by atoms with van der Waals surface area (Å²) in [5.74, 6) is 0.634. The van der Waals surface area contributed by atoms with Crippen LogP contribution in [0.4, 0.5) is 0 Å². The normalized spacial score (nSPS) is 11.2. The molecule has 17 heavy (non-hydrogen) atoms. The number of sulfone groups is 1. The van der Waals surface area contributed by atoms with Crippen molar-refractivity contribution in [3.63, 3.8) is 0 Å². The van der Waals surface area contributed by atoms with Gasteiger partial charge in [0, 0.05) is 12.8 Å². The Bertz CT molecular complexity index is 477. The Morgan fingerprint density at radius 1 is 1.35 bits per heavy atom. The average Bonchev–Trinajstić information content (AvgIpc) is 2.26. The summed E-state index contributed by atoms with van der Waals surface area (Å²) in [5, 5.41) is 2.97. The lowest BCUT2D eigenvalue weighted by Gasteiger charge is -2.08. The molecule has 0 aromatic heterocycles. The Morgan fingerprint density at radius 2 is 1.94 bits per heavy atom. The summed E-state index contributed by atoms with van der Waals surface area (Å²) in [7, 11) is -1.30. The topological polar surface area (TPSA) is 55.4 Å². The maximum Gasteiger partial charge on any atom is 0.175 e. The summed E-state index contributed by atoms with van der Waals surface area (Å²) in [4.78, 5) is 0.291. The number of benzene rings is 1. The first kappa shape index (κ1) is 13.7. The Kier molecular flexibility index (Phi) is 4.72. The zero-order valence-corrected chi connectivity index (χ0v) is 10.9. The molecule has 1 rings (SSSR count). The summed E-state index contributed by atoms with van der Waals surface area (Å²) in [6, 6.07) is 6.35. The zero-order chi connectivity index (χ0) is 12.9. The van der Waals surface area contributed by atoms with E-state index in [1.807, 2.05) is 7.05 Å². The smallest absolute Gasteiger partial charge is 0.175 e. The van der Waals surface area contributed by atoms with Gasteiger partial charge in [0.05, 0.1) is 4.90 Å². The number of rotatable bonds is 6. The number of likely N-dealkylation sites (N-methyl/N-ethyl adjacent to an activating group) is 1. The van der Waals surface area contributed by atoms with Crippen molar-refractivity contribution >= 4 is 9.84 Å². The highest BCUT2D eigenvalue weighted by Crippen LogP contribution is 2.16. The minimum atomic E-state index is -3.14. The van der Waals surface area contributed by atoms with E-state index >= 15 is 0 Å². The Morgan fingerprint density at radius 3 is 2.41 bits per heavy atom. The Hall–Kier alpha value is -1.33. The molecule has 1 N–H and O–H groups in total. The molecule has 5 heteroatoms. The summed E-state index contributed by atoms with van der Waals surface area (Å²) >= 11 is 0. The van der Waals surface area contributed by atoms with E-state index in [2.05, 4.69) is 11.9 Å². The first-order valence-electron chi connectivity index (χ1n) is 5.17. The van der Waals surface area contributed by atoms with Crippen LogP contribution in [-0.4, -0.2) is 34.9 Å². The van der Waals surface area contributed by atoms with Gasteiger partial charge in [-0.15, -0.1) is 0 Å². The summed E-state index contributed by atoms with van der Waals surface area (Å²) in [6.07, 6.45) is 1.18. The third-order valence-corrected chi connectivity index (χ3v) is 3.25. The molecular weight excluding hydrogens is 238 g/mol. The van der Waals surface area contributed by atoms with E-state index in [-0.39, 0.29) is 0 Å². The highest BCUT2D eigenvalue weighted by atomic mass is 32.2. The van der Waals surface area contributed by atoms with Gasteiger partial charge in [0.1, 0.15) is 12.4 Å². The van der Waals surface area contributed by atoms with E-state index in [4.69, 9.17) is 4.74 Å². The lowest BCUT2D eigenvalue weighted by molar-refractivity contribution is 0.349. The molecule has 4 nitrogen and oxygen atoms in total. The summed E-state index contributed by atoms with van der Waals surface area (Å²) < 4.78 is 27.9. The van der Waals surface area contributed by atoms with Crippen LogP contribution in [0.25, 0.3) is 0 Å². The maximum absolute atomic E-state index is 11.2. The number of hydrogen-bond acceptors (Lipinski definition) is 4. The highest BCUT2D eigenvalue weighted by molar-refractivity contribution is 7.90. The lowest BCUT2D eigenvalue weighted by Crippen LogP contribution is -2.14. The lowest BCUT2D eigenvalue weighted by atomic mass is 10.3. The van der Waals surface area contributed by atoms with Gasteiger partial charge in [-0.3, -0.25) is 0 Å². The van der Waals surface area contributed by atoms with Crippen molar-refractivity contribution in [3.8, 4) is 5.75 Å². The van der Waals surface area contributed by atoms with Crippen LogP contribution in [0.1, 0.15) is 0 Å². The van der Waals surface area contributed by atoms with Crippen molar-refractivity contribution in [2.45, 2.75) is 4.90 Å². The van der Waals surface area contributed by atoms with Crippen molar-refractivity contribution in [3.05, 3.63) is 36.4 Å². The van der Waals surface area contributed by atoms with Crippen LogP contribution in [-0.2, 0) is 9.84 Å². The van der Waals surface area contributed by atoms with E-state index in [0.717, 1.165) is 5.57 Å². The van der Waals surface area contributed by atoms with Crippen LogP contribution >= 0.6 is 0 Å². The molecule has 0 spiro atoms. The number of hydrogen-bond donors (Lipinski definition) is 1. The molecule has 0 saturated heterocycles. The minimum absolute atomic E-state index is 0.291. The van der Waals surface area contributed by atoms with E-state index < -0.39 is 9.84 Å². The maximum atomic E-state index is 11.2. The van der Waals surface area contributed by atoms with Crippen LogP contribution in [0, 0.1) is 0 Å². The molecule has 0 heterocycles. The Labute approximate surface area is 102 Å². The van der Waals surface area contributed by atoms with Crippen molar-refractivity contribution in [2.75, 3.05) is 26.5 Å². The molecule has 0 aliphatic carbocycles. The van der Waals surface area contributed by atoms with Crippen molar-refractivity contribution in [1.29, 1.82) is 0 Å². The van der Waals surface area contributed by atoms with Gasteiger partial charge >= 0.3 is 0 Å². The largest absolute Gasteiger partial charge is 0.489 e. The first-order valence-corrected chi connectivity index (χ1v) is 7.07. The van der Waals surface area contributed by atoms with Crippen LogP contribution in [0.3, 0.4) is 0 Å². The van der Waals surface area contributed by atoms with Gasteiger partial charge in [-0.25, -0.2) is 8.42 Å². The standard InChI is InChI=1S/C12H17NO3S/c1-10(8-13-2)9-16-11-4-6-12(7-5-11)17(3,14)15/h4-7,13H,1,8-9H2,2-3H3. The summed E-state index contributed by atoms with van der Waals surface area (Å²) in [6.45, 7) is 4.94. The van der Waals surface area contributed by atoms with Crippen molar-refractivity contribution in [2.24, 2.45) is 0 Å². The van der Waals surface area contributed by atoms with E-state index in [9.17, 15) is 8.42 Å². The number of nitrogens with one attached hydrogen (secondary N) is 1. The van der Waals surface area contributed by atoms with Crippen LogP contribution in [0.2, 0.25) is 0 Å². The second-order valence-electron chi connectivity index (χ2n) is 3.81. The fourth-order valence-electron chi connectivity index (χ4n) is 1.27. The molecule has 0 atom stereocenters. The third kappa shape index (κ3) is 4.58. The molecule has 0 saturated carbocycles. The van der Waals surface area contributed by atoms with Crippen molar-refractivity contribution in [1.82, 2.24) is 5.32 Å². The summed E-state index contributed by atoms with van der Waals surface area (Å²) in [5.41, 5.74) is 0.930. The van der Waals surface area contributed by atoms with Gasteiger partial charge in [-0.1, -0.05) is 6.58 Å². The fourth-order valence-corrected chi connectivity index (χ4v) is 1.90. The average molecular weight is 255 g/mol. The molecule has 0 radical (unpaired) electrons. The van der Waals surface area contributed by atoms with Gasteiger partial charge in [-0.2, -0.15) is 0 Å². The Balaban J connectivity index is 2.60. The predicted molar refractivity (Wildman–Crippen MR) is 68.1 cm³/mol. The molecule has 1 aromatic carbocycles. The van der Waals surface area contributed by atoms with E-state index in [0.29, 0.717) is 23.8 Å². The third-order valence-electron chi connectivity index (χ3n) is 2.12. The van der Waals surface area contributed by atoms with Crippen LogP contribution in [0.15, 0.2) is 41.3 Å². The van der Waals surface area contributed by atoms with Crippen LogP contribution in [0.5, 0.6) is 5.75 Å². The molecule has 0 fully saturated rings. The molecular formula is C12H17NO3S. The SMILES string of the molecule is C=C(CNC)COc1ccc(S(C)(=O)=O)cc1. The quantitative estimate of drug-likeness (QED) is 0.777. The number of ether oxygens (including phenoxy) is 1. The van der Waals surface area contributed by atoms with Crippen molar-refractivity contribution < 1.29 is 13.2 Å². The molecule has 0 amide bonds. The molecule has 94 valence electrons. The fraction of sp³-hybridized carbons (Fsp3) is 0.333. The van der Waals surface area contributed by atoms with Gasteiger partial charge in [0.15, 0.2) is 9.84 Å². The molecule has 1 aromatic rings. The molecule has 0 bridgehead atoms. The van der Waals surface area contributed by atoms with Gasteiger partial charge in [0.2, 0.25) is 0 Å². The molecule has 0 aliphatic rings. The monoisotopic (exact) mass is 255 g/mol. The zero-order valence-electron chi connectivity index (χ0n) is 10.1. The van der Waals surface area contributed by atoms with Crippen LogP contribution < -0.4 is 10.1 Å². The molecule has 0 unspecified atom stereocenters. The van der Waals surface area contributed by atoms with Gasteiger partial charge < -0.3 is 10.1 Å². The predicted octanol–water partition coefficient (Wildman–Crippen LogP) is 1.24. The van der Waals surface area contributed by atoms with Gasteiger partial charge in [-0.05, 0) is 36.9 Å². The first-order chi connectivity index (χ1) is 7.93. The highest BCUT2D eigenvalue weighted by Gasteiger charge is 2.06. The molecule has 0 aliphatic heterocycles. The minimum Gasteiger partial charge on any atom is -0.489 e. The van der Waals surface area contributed by atoms with Gasteiger partial charge in [0.25, 0.3) is 0 Å². The van der Waals surface area contributed by atoms with E-state index in [1.165, 1.54) is 18.4 Å². The van der Waals surface area contributed by atoms with E-state index in [1.54, 1.807) is 12.1 Å². The second kappa shape index (κ2) is 5.84.